The average Bonchev–Trinajstić information content (AvgIpc) is 2.48. The fraction of sp³-hybridized carbons (Fsp3) is 1.00. The van der Waals surface area contributed by atoms with Crippen LogP contribution in [0.2, 0.25) is 0 Å². The Labute approximate surface area is 124 Å². The van der Waals surface area contributed by atoms with Gasteiger partial charge in [-0.15, -0.1) is 0 Å². The van der Waals surface area contributed by atoms with Gasteiger partial charge in [0.2, 0.25) is 10.0 Å². The monoisotopic (exact) mass is 303 g/mol. The Hall–Kier alpha value is -0.170. The van der Waals surface area contributed by atoms with Crippen LogP contribution in [-0.4, -0.2) is 80.1 Å². The number of rotatable bonds is 5. The first-order valence-electron chi connectivity index (χ1n) is 8.01. The molecule has 6 heteroatoms. The Morgan fingerprint density at radius 3 is 2.05 bits per heavy atom. The smallest absolute Gasteiger partial charge is 0.213 e. The van der Waals surface area contributed by atoms with Gasteiger partial charge in [-0.2, -0.15) is 4.31 Å². The Bertz CT molecular complexity index is 383. The van der Waals surface area contributed by atoms with Gasteiger partial charge in [-0.1, -0.05) is 6.92 Å². The molecule has 0 spiro atoms. The first kappa shape index (κ1) is 16.2. The third-order valence-corrected chi connectivity index (χ3v) is 6.53. The van der Waals surface area contributed by atoms with E-state index < -0.39 is 10.0 Å². The third-order valence-electron chi connectivity index (χ3n) is 4.64. The first-order chi connectivity index (χ1) is 9.56. The Kier molecular flexibility index (Phi) is 5.84. The molecule has 0 aromatic heterocycles. The second-order valence-corrected chi connectivity index (χ2v) is 8.17. The van der Waals surface area contributed by atoms with Gasteiger partial charge in [0.1, 0.15) is 0 Å². The van der Waals surface area contributed by atoms with Crippen molar-refractivity contribution in [2.24, 2.45) is 0 Å². The zero-order chi connectivity index (χ0) is 14.6. The topological polar surface area (TPSA) is 43.9 Å². The molecule has 2 heterocycles. The van der Waals surface area contributed by atoms with E-state index in [9.17, 15) is 8.42 Å². The number of likely N-dealkylation sites (tertiary alicyclic amines) is 1. The van der Waals surface area contributed by atoms with Crippen LogP contribution in [0.1, 0.15) is 33.1 Å². The zero-order valence-electron chi connectivity index (χ0n) is 12.9. The number of hydrogen-bond donors (Lipinski definition) is 0. The fourth-order valence-electron chi connectivity index (χ4n) is 3.35. The highest BCUT2D eigenvalue weighted by Gasteiger charge is 2.30. The standard InChI is InChI=1S/C14H29N3O2S/c1-3-7-15-8-5-14(6-9-15)16-10-12-17(13-11-16)20(18,19)4-2/h14H,3-13H2,1-2H3. The van der Waals surface area contributed by atoms with Crippen LogP contribution in [0.3, 0.4) is 0 Å². The molecule has 2 fully saturated rings. The summed E-state index contributed by atoms with van der Waals surface area (Å²) >= 11 is 0. The van der Waals surface area contributed by atoms with Gasteiger partial charge in [-0.25, -0.2) is 8.42 Å². The van der Waals surface area contributed by atoms with Crippen molar-refractivity contribution < 1.29 is 8.42 Å². The van der Waals surface area contributed by atoms with E-state index in [-0.39, 0.29) is 5.75 Å². The molecule has 2 saturated heterocycles. The lowest BCUT2D eigenvalue weighted by molar-refractivity contribution is 0.0811. The summed E-state index contributed by atoms with van der Waals surface area (Å²) in [6.45, 7) is 10.7. The molecule has 0 radical (unpaired) electrons. The Balaban J connectivity index is 1.78. The lowest BCUT2D eigenvalue weighted by Gasteiger charge is -2.42. The highest BCUT2D eigenvalue weighted by Crippen LogP contribution is 2.19. The van der Waals surface area contributed by atoms with Crippen LogP contribution in [0.4, 0.5) is 0 Å². The molecule has 0 aromatic carbocycles. The molecular formula is C14H29N3O2S. The second kappa shape index (κ2) is 7.20. The maximum absolute atomic E-state index is 11.9. The first-order valence-corrected chi connectivity index (χ1v) is 9.62. The highest BCUT2D eigenvalue weighted by molar-refractivity contribution is 7.89. The Morgan fingerprint density at radius 1 is 0.950 bits per heavy atom. The molecule has 2 aliphatic heterocycles. The minimum absolute atomic E-state index is 0.225. The second-order valence-electron chi connectivity index (χ2n) is 5.91. The minimum Gasteiger partial charge on any atom is -0.303 e. The van der Waals surface area contributed by atoms with Crippen molar-refractivity contribution in [2.75, 3.05) is 51.6 Å². The van der Waals surface area contributed by atoms with E-state index >= 15 is 0 Å². The van der Waals surface area contributed by atoms with Gasteiger partial charge in [0.25, 0.3) is 0 Å². The Morgan fingerprint density at radius 2 is 1.55 bits per heavy atom. The van der Waals surface area contributed by atoms with E-state index in [0.29, 0.717) is 19.1 Å². The summed E-state index contributed by atoms with van der Waals surface area (Å²) in [7, 11) is -2.99. The molecule has 0 N–H and O–H groups in total. The number of sulfonamides is 1. The largest absolute Gasteiger partial charge is 0.303 e. The zero-order valence-corrected chi connectivity index (χ0v) is 13.7. The number of piperazine rings is 1. The number of nitrogens with zero attached hydrogens (tertiary/aromatic N) is 3. The van der Waals surface area contributed by atoms with Crippen molar-refractivity contribution >= 4 is 10.0 Å². The molecule has 2 aliphatic rings. The normalized spacial score (nSPS) is 25.1. The predicted molar refractivity (Wildman–Crippen MR) is 82.4 cm³/mol. The van der Waals surface area contributed by atoms with Crippen LogP contribution in [0.5, 0.6) is 0 Å². The van der Waals surface area contributed by atoms with Gasteiger partial charge in [-0.05, 0) is 45.8 Å². The van der Waals surface area contributed by atoms with Gasteiger partial charge < -0.3 is 4.90 Å². The lowest BCUT2D eigenvalue weighted by atomic mass is 10.0. The van der Waals surface area contributed by atoms with Gasteiger partial charge in [0.05, 0.1) is 5.75 Å². The molecule has 5 nitrogen and oxygen atoms in total. The van der Waals surface area contributed by atoms with Gasteiger partial charge in [0, 0.05) is 32.2 Å². The van der Waals surface area contributed by atoms with Crippen LogP contribution in [0.25, 0.3) is 0 Å². The molecule has 0 amide bonds. The average molecular weight is 303 g/mol. The molecule has 0 bridgehead atoms. The van der Waals surface area contributed by atoms with E-state index in [0.717, 1.165) is 13.1 Å². The van der Waals surface area contributed by atoms with Crippen LogP contribution < -0.4 is 0 Å². The summed E-state index contributed by atoms with van der Waals surface area (Å²) < 4.78 is 25.4. The van der Waals surface area contributed by atoms with Crippen LogP contribution in [0, 0.1) is 0 Å². The van der Waals surface area contributed by atoms with Crippen molar-refractivity contribution in [1.29, 1.82) is 0 Å². The SMILES string of the molecule is CCCN1CCC(N2CCN(S(=O)(=O)CC)CC2)CC1. The van der Waals surface area contributed by atoms with Crippen molar-refractivity contribution in [3.8, 4) is 0 Å². The number of hydrogen-bond acceptors (Lipinski definition) is 4. The molecule has 20 heavy (non-hydrogen) atoms. The summed E-state index contributed by atoms with van der Waals surface area (Å²) in [6, 6.07) is 0.662. The van der Waals surface area contributed by atoms with E-state index in [1.54, 1.807) is 11.2 Å². The van der Waals surface area contributed by atoms with E-state index in [1.807, 2.05) is 0 Å². The molecule has 0 atom stereocenters. The lowest BCUT2D eigenvalue weighted by Crippen LogP contribution is -2.54. The van der Waals surface area contributed by atoms with Crippen molar-refractivity contribution in [2.45, 2.75) is 39.2 Å². The summed E-state index contributed by atoms with van der Waals surface area (Å²) in [5.74, 6) is 0.225. The molecule has 0 aliphatic carbocycles. The van der Waals surface area contributed by atoms with Crippen molar-refractivity contribution in [3.63, 3.8) is 0 Å². The summed E-state index contributed by atoms with van der Waals surface area (Å²) in [6.07, 6.45) is 3.71. The fourth-order valence-corrected chi connectivity index (χ4v) is 4.44. The van der Waals surface area contributed by atoms with Crippen molar-refractivity contribution in [3.05, 3.63) is 0 Å². The highest BCUT2D eigenvalue weighted by atomic mass is 32.2. The molecule has 0 aromatic rings. The van der Waals surface area contributed by atoms with E-state index in [1.165, 1.54) is 38.9 Å². The van der Waals surface area contributed by atoms with Crippen LogP contribution >= 0.6 is 0 Å². The molecule has 118 valence electrons. The minimum atomic E-state index is -2.99. The molecule has 2 rings (SSSR count). The van der Waals surface area contributed by atoms with Gasteiger partial charge in [0.15, 0.2) is 0 Å². The van der Waals surface area contributed by atoms with Crippen LogP contribution in [0.15, 0.2) is 0 Å². The van der Waals surface area contributed by atoms with Crippen LogP contribution in [-0.2, 0) is 10.0 Å². The van der Waals surface area contributed by atoms with Gasteiger partial charge >= 0.3 is 0 Å². The molecule has 0 saturated carbocycles. The van der Waals surface area contributed by atoms with E-state index in [4.69, 9.17) is 0 Å². The quantitative estimate of drug-likeness (QED) is 0.754. The summed E-state index contributed by atoms with van der Waals surface area (Å²) in [5, 5.41) is 0. The maximum Gasteiger partial charge on any atom is 0.213 e. The molecular weight excluding hydrogens is 274 g/mol. The van der Waals surface area contributed by atoms with Gasteiger partial charge in [-0.3, -0.25) is 4.90 Å². The number of piperidine rings is 1. The third kappa shape index (κ3) is 3.93. The maximum atomic E-state index is 11.9. The summed E-state index contributed by atoms with van der Waals surface area (Å²) in [5.41, 5.74) is 0. The van der Waals surface area contributed by atoms with Crippen molar-refractivity contribution in [1.82, 2.24) is 14.1 Å². The predicted octanol–water partition coefficient (Wildman–Crippen LogP) is 0.828. The summed E-state index contributed by atoms with van der Waals surface area (Å²) in [4.78, 5) is 5.05. The molecule has 0 unspecified atom stereocenters. The van der Waals surface area contributed by atoms with E-state index in [2.05, 4.69) is 16.7 Å².